The second-order valence-corrected chi connectivity index (χ2v) is 3.41. The number of nitro groups is 1. The van der Waals surface area contributed by atoms with Gasteiger partial charge in [0.15, 0.2) is 0 Å². The highest BCUT2D eigenvalue weighted by Crippen LogP contribution is 2.27. The van der Waals surface area contributed by atoms with Crippen LogP contribution in [0.4, 0.5) is 25.8 Å². The molecule has 1 aromatic heterocycles. The monoisotopic (exact) mass is 251 g/mol. The zero-order valence-corrected chi connectivity index (χ0v) is 8.93. The third kappa shape index (κ3) is 2.57. The first kappa shape index (κ1) is 11.9. The van der Waals surface area contributed by atoms with Crippen molar-refractivity contribution in [3.8, 4) is 0 Å². The summed E-state index contributed by atoms with van der Waals surface area (Å²) in [6.45, 7) is 0. The van der Waals surface area contributed by atoms with Gasteiger partial charge in [-0.15, -0.1) is 0 Å². The third-order valence-electron chi connectivity index (χ3n) is 2.16. The van der Waals surface area contributed by atoms with Crippen LogP contribution >= 0.6 is 0 Å². The van der Waals surface area contributed by atoms with E-state index in [0.29, 0.717) is 5.69 Å². The molecule has 0 unspecified atom stereocenters. The first-order chi connectivity index (χ1) is 8.56. The fourth-order valence-electron chi connectivity index (χ4n) is 1.37. The predicted molar refractivity (Wildman–Crippen MR) is 60.5 cm³/mol. The molecule has 2 aromatic rings. The number of pyridine rings is 1. The SMILES string of the molecule is O=[N+]([O-])c1ccc(F)cc1Nc1ccc(F)nc1. The number of hydrogen-bond acceptors (Lipinski definition) is 4. The maximum absolute atomic E-state index is 13.0. The van der Waals surface area contributed by atoms with E-state index in [1.807, 2.05) is 0 Å². The molecule has 0 bridgehead atoms. The van der Waals surface area contributed by atoms with E-state index in [9.17, 15) is 18.9 Å². The van der Waals surface area contributed by atoms with Crippen molar-refractivity contribution < 1.29 is 13.7 Å². The van der Waals surface area contributed by atoms with Crippen molar-refractivity contribution in [2.45, 2.75) is 0 Å². The highest BCUT2D eigenvalue weighted by Gasteiger charge is 2.14. The van der Waals surface area contributed by atoms with Crippen molar-refractivity contribution in [3.63, 3.8) is 0 Å². The Morgan fingerprint density at radius 1 is 1.22 bits per heavy atom. The quantitative estimate of drug-likeness (QED) is 0.517. The summed E-state index contributed by atoms with van der Waals surface area (Å²) in [6, 6.07) is 5.47. The molecule has 18 heavy (non-hydrogen) atoms. The van der Waals surface area contributed by atoms with E-state index in [1.54, 1.807) is 0 Å². The Morgan fingerprint density at radius 3 is 2.61 bits per heavy atom. The number of nitrogens with zero attached hydrogens (tertiary/aromatic N) is 2. The topological polar surface area (TPSA) is 68.1 Å². The van der Waals surface area contributed by atoms with Crippen molar-refractivity contribution >= 4 is 17.1 Å². The van der Waals surface area contributed by atoms with Gasteiger partial charge in [0.1, 0.15) is 11.5 Å². The molecule has 0 amide bonds. The molecule has 92 valence electrons. The zero-order chi connectivity index (χ0) is 13.1. The van der Waals surface area contributed by atoms with Gasteiger partial charge in [-0.1, -0.05) is 0 Å². The molecule has 0 atom stereocenters. The number of nitro benzene ring substituents is 1. The molecule has 1 N–H and O–H groups in total. The fraction of sp³-hybridized carbons (Fsp3) is 0. The molecular formula is C11H7F2N3O2. The lowest BCUT2D eigenvalue weighted by Crippen LogP contribution is -1.98. The van der Waals surface area contributed by atoms with Gasteiger partial charge in [-0.2, -0.15) is 4.39 Å². The smallest absolute Gasteiger partial charge is 0.292 e. The van der Waals surface area contributed by atoms with E-state index in [1.165, 1.54) is 6.07 Å². The maximum atomic E-state index is 13.0. The lowest BCUT2D eigenvalue weighted by Gasteiger charge is -2.06. The lowest BCUT2D eigenvalue weighted by molar-refractivity contribution is -0.384. The maximum Gasteiger partial charge on any atom is 0.292 e. The summed E-state index contributed by atoms with van der Waals surface area (Å²) >= 11 is 0. The van der Waals surface area contributed by atoms with Gasteiger partial charge in [0, 0.05) is 12.1 Å². The van der Waals surface area contributed by atoms with Crippen molar-refractivity contribution in [1.29, 1.82) is 0 Å². The molecule has 1 heterocycles. The number of aromatic nitrogens is 1. The van der Waals surface area contributed by atoms with Crippen molar-refractivity contribution in [2.24, 2.45) is 0 Å². The van der Waals surface area contributed by atoms with Gasteiger partial charge in [0.05, 0.1) is 16.8 Å². The molecule has 1 aromatic carbocycles. The number of hydrogen-bond donors (Lipinski definition) is 1. The predicted octanol–water partition coefficient (Wildman–Crippen LogP) is 3.01. The summed E-state index contributed by atoms with van der Waals surface area (Å²) < 4.78 is 25.6. The first-order valence-corrected chi connectivity index (χ1v) is 4.89. The minimum atomic E-state index is -0.672. The van der Waals surface area contributed by atoms with Crippen LogP contribution in [-0.4, -0.2) is 9.91 Å². The summed E-state index contributed by atoms with van der Waals surface area (Å²) in [5.74, 6) is -1.28. The Labute approximate surface area is 100 Å². The number of rotatable bonds is 3. The molecule has 0 spiro atoms. The van der Waals surface area contributed by atoms with Crippen LogP contribution in [0.15, 0.2) is 36.5 Å². The molecule has 2 rings (SSSR count). The molecule has 5 nitrogen and oxygen atoms in total. The summed E-state index contributed by atoms with van der Waals surface area (Å²) in [4.78, 5) is 13.5. The van der Waals surface area contributed by atoms with E-state index in [2.05, 4.69) is 10.3 Å². The average Bonchev–Trinajstić information content (AvgIpc) is 2.32. The Morgan fingerprint density at radius 2 is 2.00 bits per heavy atom. The normalized spacial score (nSPS) is 10.1. The van der Waals surface area contributed by atoms with Gasteiger partial charge in [-0.05, 0) is 18.2 Å². The van der Waals surface area contributed by atoms with Crippen LogP contribution < -0.4 is 5.32 Å². The summed E-state index contributed by atoms with van der Waals surface area (Å²) in [5, 5.41) is 13.4. The van der Waals surface area contributed by atoms with E-state index < -0.39 is 16.7 Å². The van der Waals surface area contributed by atoms with Gasteiger partial charge in [0.25, 0.3) is 5.69 Å². The van der Waals surface area contributed by atoms with Crippen molar-refractivity contribution in [3.05, 3.63) is 58.4 Å². The molecule has 0 aliphatic heterocycles. The third-order valence-corrected chi connectivity index (χ3v) is 2.16. The van der Waals surface area contributed by atoms with Crippen LogP contribution in [0.3, 0.4) is 0 Å². The number of benzene rings is 1. The summed E-state index contributed by atoms with van der Waals surface area (Å²) in [5.41, 5.74) is 0.0271. The largest absolute Gasteiger partial charge is 0.349 e. The minimum Gasteiger partial charge on any atom is -0.349 e. The second kappa shape index (κ2) is 4.74. The number of halogens is 2. The van der Waals surface area contributed by atoms with E-state index in [0.717, 1.165) is 30.5 Å². The first-order valence-electron chi connectivity index (χ1n) is 4.89. The van der Waals surface area contributed by atoms with Crippen LogP contribution in [0.1, 0.15) is 0 Å². The van der Waals surface area contributed by atoms with Crippen LogP contribution in [-0.2, 0) is 0 Å². The van der Waals surface area contributed by atoms with Crippen LogP contribution in [0, 0.1) is 21.9 Å². The molecule has 0 saturated carbocycles. The number of anilines is 2. The van der Waals surface area contributed by atoms with E-state index in [4.69, 9.17) is 0 Å². The van der Waals surface area contributed by atoms with Crippen LogP contribution in [0.2, 0.25) is 0 Å². The Balaban J connectivity index is 2.35. The van der Waals surface area contributed by atoms with Gasteiger partial charge in [-0.3, -0.25) is 10.1 Å². The van der Waals surface area contributed by atoms with Gasteiger partial charge in [-0.25, -0.2) is 9.37 Å². The van der Waals surface area contributed by atoms with Gasteiger partial charge in [0.2, 0.25) is 5.95 Å². The average molecular weight is 251 g/mol. The lowest BCUT2D eigenvalue weighted by atomic mass is 10.2. The zero-order valence-electron chi connectivity index (χ0n) is 8.93. The highest BCUT2D eigenvalue weighted by molar-refractivity contribution is 5.68. The molecule has 0 saturated heterocycles. The molecule has 0 fully saturated rings. The van der Waals surface area contributed by atoms with Crippen molar-refractivity contribution in [2.75, 3.05) is 5.32 Å². The molecule has 0 aliphatic carbocycles. The molecule has 0 aliphatic rings. The Bertz CT molecular complexity index is 587. The molecule has 0 radical (unpaired) electrons. The van der Waals surface area contributed by atoms with Crippen LogP contribution in [0.5, 0.6) is 0 Å². The molecule has 7 heteroatoms. The Hall–Kier alpha value is -2.57. The van der Waals surface area contributed by atoms with Gasteiger partial charge < -0.3 is 5.32 Å². The van der Waals surface area contributed by atoms with Gasteiger partial charge >= 0.3 is 0 Å². The Kier molecular flexibility index (Phi) is 3.13. The van der Waals surface area contributed by atoms with Crippen molar-refractivity contribution in [1.82, 2.24) is 4.98 Å². The summed E-state index contributed by atoms with van der Waals surface area (Å²) in [6.07, 6.45) is 1.16. The number of nitrogens with one attached hydrogen (secondary N) is 1. The molecular weight excluding hydrogens is 244 g/mol. The van der Waals surface area contributed by atoms with E-state index >= 15 is 0 Å². The second-order valence-electron chi connectivity index (χ2n) is 3.41. The fourth-order valence-corrected chi connectivity index (χ4v) is 1.37. The van der Waals surface area contributed by atoms with E-state index in [-0.39, 0.29) is 11.4 Å². The standard InChI is InChI=1S/C11H7F2N3O2/c12-7-1-3-10(16(17)18)9(5-7)15-8-2-4-11(13)14-6-8/h1-6,15H. The minimum absolute atomic E-state index is 0.0200. The highest BCUT2D eigenvalue weighted by atomic mass is 19.1. The van der Waals surface area contributed by atoms with Crippen LogP contribution in [0.25, 0.3) is 0 Å². The summed E-state index contributed by atoms with van der Waals surface area (Å²) in [7, 11) is 0.